The third-order valence-electron chi connectivity index (χ3n) is 2.00. The maximum atomic E-state index is 10.5. The third-order valence-corrected chi connectivity index (χ3v) is 3.03. The number of benzene rings is 1. The molecule has 0 aliphatic heterocycles. The summed E-state index contributed by atoms with van der Waals surface area (Å²) < 4.78 is 0. The number of carbonyl (C=O) groups is 1. The Morgan fingerprint density at radius 2 is 2.33 bits per heavy atom. The molecule has 0 spiro atoms. The molecule has 0 aliphatic carbocycles. The highest BCUT2D eigenvalue weighted by atomic mass is 32.2. The smallest absolute Gasteiger partial charge is 0.320 e. The first-order valence-corrected chi connectivity index (χ1v) is 5.76. The summed E-state index contributed by atoms with van der Waals surface area (Å²) >= 11 is 1.64. The Bertz CT molecular complexity index is 341. The summed E-state index contributed by atoms with van der Waals surface area (Å²) in [5.74, 6) is -0.198. The average molecular weight is 225 g/mol. The summed E-state index contributed by atoms with van der Waals surface area (Å²) in [6, 6.07) is 7.38. The predicted octanol–water partition coefficient (Wildman–Crippen LogP) is 1.89. The van der Waals surface area contributed by atoms with Crippen LogP contribution >= 0.6 is 11.8 Å². The van der Waals surface area contributed by atoms with E-state index in [1.165, 1.54) is 5.56 Å². The number of hydrogen-bond donors (Lipinski definition) is 2. The summed E-state index contributed by atoms with van der Waals surface area (Å²) in [6.07, 6.45) is 0.494. The molecule has 0 saturated heterocycles. The Morgan fingerprint density at radius 3 is 2.93 bits per heavy atom. The van der Waals surface area contributed by atoms with Crippen molar-refractivity contribution >= 4 is 17.7 Å². The standard InChI is InChI=1S/C11H15NO2S/c1-8-3-2-4-9(7-8)15-6-5-10(12)11(13)14/h2-4,7,10H,5-6,12H2,1H3,(H,13,14)/t10-/m0/s1. The average Bonchev–Trinajstić information content (AvgIpc) is 2.17. The van der Waals surface area contributed by atoms with E-state index < -0.39 is 12.0 Å². The van der Waals surface area contributed by atoms with Crippen LogP contribution in [0.3, 0.4) is 0 Å². The molecule has 1 rings (SSSR count). The largest absolute Gasteiger partial charge is 0.480 e. The Hall–Kier alpha value is -1.00. The minimum absolute atomic E-state index is 0.494. The van der Waals surface area contributed by atoms with Crippen LogP contribution in [0.25, 0.3) is 0 Å². The number of carboxylic acid groups (broad SMARTS) is 1. The van der Waals surface area contributed by atoms with E-state index in [9.17, 15) is 4.79 Å². The van der Waals surface area contributed by atoms with Gasteiger partial charge in [0.2, 0.25) is 0 Å². The van der Waals surface area contributed by atoms with Gasteiger partial charge >= 0.3 is 5.97 Å². The number of nitrogens with two attached hydrogens (primary N) is 1. The van der Waals surface area contributed by atoms with Crippen molar-refractivity contribution in [2.75, 3.05) is 5.75 Å². The maximum Gasteiger partial charge on any atom is 0.320 e. The lowest BCUT2D eigenvalue weighted by atomic mass is 10.2. The number of hydrogen-bond acceptors (Lipinski definition) is 3. The van der Waals surface area contributed by atoms with E-state index in [0.717, 1.165) is 10.6 Å². The molecular formula is C11H15NO2S. The quantitative estimate of drug-likeness (QED) is 0.751. The Kier molecular flexibility index (Phi) is 4.65. The summed E-state index contributed by atoms with van der Waals surface area (Å²) in [5.41, 5.74) is 6.61. The zero-order valence-electron chi connectivity index (χ0n) is 8.64. The van der Waals surface area contributed by atoms with Crippen molar-refractivity contribution in [1.29, 1.82) is 0 Å². The molecule has 82 valence electrons. The van der Waals surface area contributed by atoms with Gasteiger partial charge in [0.25, 0.3) is 0 Å². The third kappa shape index (κ3) is 4.36. The molecule has 0 aliphatic rings. The number of carboxylic acids is 1. The number of aryl methyl sites for hydroxylation is 1. The number of thioether (sulfide) groups is 1. The highest BCUT2D eigenvalue weighted by Crippen LogP contribution is 2.19. The van der Waals surface area contributed by atoms with E-state index in [-0.39, 0.29) is 0 Å². The first-order valence-electron chi connectivity index (χ1n) is 4.77. The molecule has 4 heteroatoms. The van der Waals surface area contributed by atoms with Crippen LogP contribution in [0.5, 0.6) is 0 Å². The molecule has 0 radical (unpaired) electrons. The van der Waals surface area contributed by atoms with Crippen molar-refractivity contribution in [3.63, 3.8) is 0 Å². The zero-order chi connectivity index (χ0) is 11.3. The van der Waals surface area contributed by atoms with Crippen LogP contribution in [-0.4, -0.2) is 22.9 Å². The van der Waals surface area contributed by atoms with Crippen LogP contribution in [0.1, 0.15) is 12.0 Å². The highest BCUT2D eigenvalue weighted by Gasteiger charge is 2.10. The minimum Gasteiger partial charge on any atom is -0.480 e. The molecule has 0 aromatic heterocycles. The van der Waals surface area contributed by atoms with Gasteiger partial charge in [-0.3, -0.25) is 4.79 Å². The van der Waals surface area contributed by atoms with Crippen LogP contribution in [-0.2, 0) is 4.79 Å². The summed E-state index contributed by atoms with van der Waals surface area (Å²) in [5, 5.41) is 8.59. The lowest BCUT2D eigenvalue weighted by Gasteiger charge is -2.06. The molecule has 1 atom stereocenters. The molecular weight excluding hydrogens is 210 g/mol. The molecule has 15 heavy (non-hydrogen) atoms. The van der Waals surface area contributed by atoms with Gasteiger partial charge in [-0.25, -0.2) is 0 Å². The van der Waals surface area contributed by atoms with E-state index in [0.29, 0.717) is 6.42 Å². The van der Waals surface area contributed by atoms with E-state index in [4.69, 9.17) is 10.8 Å². The first-order chi connectivity index (χ1) is 7.09. The summed E-state index contributed by atoms with van der Waals surface area (Å²) in [6.45, 7) is 2.03. The van der Waals surface area contributed by atoms with E-state index in [2.05, 4.69) is 6.07 Å². The number of aliphatic carboxylic acids is 1. The summed E-state index contributed by atoms with van der Waals surface area (Å²) in [4.78, 5) is 11.6. The van der Waals surface area contributed by atoms with Crippen molar-refractivity contribution in [3.05, 3.63) is 29.8 Å². The Labute approximate surface area is 93.7 Å². The molecule has 1 aromatic carbocycles. The number of rotatable bonds is 5. The van der Waals surface area contributed by atoms with Crippen LogP contribution in [0.4, 0.5) is 0 Å². The van der Waals surface area contributed by atoms with Gasteiger partial charge in [0.05, 0.1) is 0 Å². The van der Waals surface area contributed by atoms with E-state index >= 15 is 0 Å². The topological polar surface area (TPSA) is 63.3 Å². The van der Waals surface area contributed by atoms with Gasteiger partial charge < -0.3 is 10.8 Å². The van der Waals surface area contributed by atoms with Crippen molar-refractivity contribution in [2.24, 2.45) is 5.73 Å². The lowest BCUT2D eigenvalue weighted by molar-refractivity contribution is -0.138. The normalized spacial score (nSPS) is 12.4. The zero-order valence-corrected chi connectivity index (χ0v) is 9.46. The van der Waals surface area contributed by atoms with Gasteiger partial charge in [-0.2, -0.15) is 0 Å². The molecule has 3 N–H and O–H groups in total. The van der Waals surface area contributed by atoms with Crippen LogP contribution in [0.2, 0.25) is 0 Å². The second-order valence-electron chi connectivity index (χ2n) is 3.40. The molecule has 0 unspecified atom stereocenters. The van der Waals surface area contributed by atoms with Gasteiger partial charge in [0, 0.05) is 10.6 Å². The molecule has 0 fully saturated rings. The summed E-state index contributed by atoms with van der Waals surface area (Å²) in [7, 11) is 0. The Balaban J connectivity index is 2.35. The van der Waals surface area contributed by atoms with Gasteiger partial charge in [0.1, 0.15) is 6.04 Å². The predicted molar refractivity (Wildman–Crippen MR) is 62.1 cm³/mol. The van der Waals surface area contributed by atoms with Gasteiger partial charge in [-0.15, -0.1) is 11.8 Å². The van der Waals surface area contributed by atoms with Gasteiger partial charge in [0.15, 0.2) is 0 Å². The molecule has 1 aromatic rings. The molecule has 0 saturated carbocycles. The van der Waals surface area contributed by atoms with Crippen LogP contribution < -0.4 is 5.73 Å². The maximum absolute atomic E-state index is 10.5. The van der Waals surface area contributed by atoms with E-state index in [1.807, 2.05) is 25.1 Å². The van der Waals surface area contributed by atoms with Crippen molar-refractivity contribution < 1.29 is 9.90 Å². The fourth-order valence-electron chi connectivity index (χ4n) is 1.13. The first kappa shape index (κ1) is 12.1. The molecule has 3 nitrogen and oxygen atoms in total. The SMILES string of the molecule is Cc1cccc(SCC[C@H](N)C(=O)O)c1. The fraction of sp³-hybridized carbons (Fsp3) is 0.364. The van der Waals surface area contributed by atoms with Crippen LogP contribution in [0.15, 0.2) is 29.2 Å². The Morgan fingerprint density at radius 1 is 1.60 bits per heavy atom. The van der Waals surface area contributed by atoms with Crippen molar-refractivity contribution in [1.82, 2.24) is 0 Å². The lowest BCUT2D eigenvalue weighted by Crippen LogP contribution is -2.30. The molecule has 0 heterocycles. The van der Waals surface area contributed by atoms with Gasteiger partial charge in [-0.05, 0) is 25.5 Å². The van der Waals surface area contributed by atoms with Crippen molar-refractivity contribution in [2.45, 2.75) is 24.3 Å². The second-order valence-corrected chi connectivity index (χ2v) is 4.57. The van der Waals surface area contributed by atoms with Crippen LogP contribution in [0, 0.1) is 6.92 Å². The van der Waals surface area contributed by atoms with Gasteiger partial charge in [-0.1, -0.05) is 17.7 Å². The fourth-order valence-corrected chi connectivity index (χ4v) is 2.18. The van der Waals surface area contributed by atoms with E-state index in [1.54, 1.807) is 11.8 Å². The minimum atomic E-state index is -0.931. The second kappa shape index (κ2) is 5.78. The molecule has 0 amide bonds. The molecule has 0 bridgehead atoms. The monoisotopic (exact) mass is 225 g/mol. The highest BCUT2D eigenvalue weighted by molar-refractivity contribution is 7.99. The van der Waals surface area contributed by atoms with Crippen molar-refractivity contribution in [3.8, 4) is 0 Å².